The fraction of sp³-hybridized carbons (Fsp3) is 0.276. The summed E-state index contributed by atoms with van der Waals surface area (Å²) in [6.45, 7) is 9.17. The predicted molar refractivity (Wildman–Crippen MR) is 263 cm³/mol. The van der Waals surface area contributed by atoms with Crippen LogP contribution in [0.5, 0.6) is 0 Å². The second-order valence-electron chi connectivity index (χ2n) is 16.5. The van der Waals surface area contributed by atoms with Crippen LogP contribution in [0.15, 0.2) is 170 Å². The molecule has 0 spiro atoms. The molecule has 8 aromatic carbocycles. The number of hydrogen-bond acceptors (Lipinski definition) is 0. The van der Waals surface area contributed by atoms with E-state index in [1.165, 1.54) is 154 Å². The first-order valence-electron chi connectivity index (χ1n) is 22.6. The molecule has 8 rings (SSSR count). The van der Waals surface area contributed by atoms with Crippen molar-refractivity contribution in [1.82, 2.24) is 0 Å². The summed E-state index contributed by atoms with van der Waals surface area (Å²) in [7, 11) is 0. The van der Waals surface area contributed by atoms with Crippen LogP contribution in [0, 0.1) is 0 Å². The molecule has 0 saturated heterocycles. The Morgan fingerprint density at radius 2 is 0.661 bits per heavy atom. The van der Waals surface area contributed by atoms with E-state index in [4.69, 9.17) is 0 Å². The molecule has 0 fully saturated rings. The van der Waals surface area contributed by atoms with Crippen molar-refractivity contribution in [2.24, 2.45) is 0 Å². The maximum Gasteiger partial charge on any atom is -1.00 e. The zero-order chi connectivity index (χ0) is 41.9. The van der Waals surface area contributed by atoms with Crippen molar-refractivity contribution in [3.05, 3.63) is 181 Å². The van der Waals surface area contributed by atoms with Crippen molar-refractivity contribution in [1.29, 1.82) is 0 Å². The van der Waals surface area contributed by atoms with Crippen molar-refractivity contribution < 1.29 is 48.1 Å². The van der Waals surface area contributed by atoms with Gasteiger partial charge in [0.15, 0.2) is 0 Å². The van der Waals surface area contributed by atoms with E-state index in [0.717, 1.165) is 0 Å². The molecule has 0 atom stereocenters. The van der Waals surface area contributed by atoms with Crippen LogP contribution in [0.4, 0.5) is 0 Å². The summed E-state index contributed by atoms with van der Waals surface area (Å²) in [5, 5.41) is 5.54. The van der Waals surface area contributed by atoms with Crippen LogP contribution in [-0.2, 0) is 36.2 Å². The van der Waals surface area contributed by atoms with E-state index in [1.54, 1.807) is 23.3 Å². The van der Waals surface area contributed by atoms with Crippen LogP contribution in [0.3, 0.4) is 0 Å². The summed E-state index contributed by atoms with van der Waals surface area (Å²) in [5.41, 5.74) is 13.7. The Morgan fingerprint density at radius 3 is 0.968 bits per heavy atom. The van der Waals surface area contributed by atoms with Gasteiger partial charge < -0.3 is 24.8 Å². The molecule has 0 N–H and O–H groups in total. The molecule has 8 aromatic rings. The van der Waals surface area contributed by atoms with Gasteiger partial charge in [-0.1, -0.05) is 257 Å². The van der Waals surface area contributed by atoms with E-state index in [-0.39, 0.29) is 30.2 Å². The smallest absolute Gasteiger partial charge is 1.00 e. The van der Waals surface area contributed by atoms with Gasteiger partial charge in [-0.05, 0) is 24.0 Å². The molecule has 0 amide bonds. The molecule has 0 bridgehead atoms. The number of fused-ring (bicyclic) bond motifs is 2. The van der Waals surface area contributed by atoms with Crippen LogP contribution < -0.4 is 24.8 Å². The van der Waals surface area contributed by atoms with Crippen molar-refractivity contribution in [3.8, 4) is 44.5 Å². The van der Waals surface area contributed by atoms with Gasteiger partial charge in [0.25, 0.3) is 0 Å². The molecule has 0 nitrogen and oxygen atoms in total. The minimum absolute atomic E-state index is 0. The monoisotopic (exact) mass is 948 g/mol. The van der Waals surface area contributed by atoms with Gasteiger partial charge >= 0.3 is 41.9 Å². The maximum absolute atomic E-state index is 2.43. The Balaban J connectivity index is 0.000000244. The molecule has 0 aliphatic carbocycles. The van der Waals surface area contributed by atoms with E-state index < -0.39 is 0 Å². The third-order valence-electron chi connectivity index (χ3n) is 11.4. The normalized spacial score (nSPS) is 10.5. The topological polar surface area (TPSA) is 0 Å². The van der Waals surface area contributed by atoms with Gasteiger partial charge in [0.2, 0.25) is 0 Å². The second-order valence-corrected chi connectivity index (χ2v) is 25.9. The van der Waals surface area contributed by atoms with Gasteiger partial charge in [-0.3, -0.25) is 0 Å². The SMILES string of the molecule is CCCCCCCc1cc2c(-c3ccccc3)ccc(-c3ccccc3)c2[cH-]1.CCCCCCCc1cc2c(-c3ccccc3)ccc(-c3ccccc3)c2[cH-]1.C[Si](C)=[Zr+2].[Cl-].[Cl-]. The summed E-state index contributed by atoms with van der Waals surface area (Å²) in [6.07, 6.45) is 15.7. The first-order chi connectivity index (χ1) is 29.5. The van der Waals surface area contributed by atoms with Gasteiger partial charge in [-0.2, -0.15) is 12.1 Å². The molecule has 4 heteroatoms. The molecular formula is C58H64Cl2SiZr-2. The summed E-state index contributed by atoms with van der Waals surface area (Å²) in [5.74, 6) is 0. The number of unbranched alkanes of at least 4 members (excludes halogenated alkanes) is 8. The van der Waals surface area contributed by atoms with Gasteiger partial charge in [0, 0.05) is 0 Å². The van der Waals surface area contributed by atoms with Crippen LogP contribution >= 0.6 is 0 Å². The zero-order valence-corrected chi connectivity index (χ0v) is 42.4. The van der Waals surface area contributed by atoms with Gasteiger partial charge in [0.05, 0.1) is 0 Å². The number of benzene rings is 6. The average molecular weight is 951 g/mol. The third kappa shape index (κ3) is 14.6. The van der Waals surface area contributed by atoms with Crippen LogP contribution in [0.25, 0.3) is 66.1 Å². The third-order valence-corrected chi connectivity index (χ3v) is 11.4. The average Bonchev–Trinajstić information content (AvgIpc) is 3.92. The standard InChI is InChI=1S/2C28H29.C2H6Si.2ClH.Zr/c2*1-2-3-4-5-8-13-22-20-27-25(23-14-9-6-10-15-23)18-19-26(28(27)21-22)24-16-11-7-12-17-24;1-3-2;;;/h2*6-7,9-12,14-21H,2-5,8,13H2,1H3;1-2H3;2*1H;/q2*-1;;;;+2/p-2. The largest absolute Gasteiger partial charge is 1.00 e. The first kappa shape index (κ1) is 50.9. The Hall–Kier alpha value is -3.78. The zero-order valence-electron chi connectivity index (χ0n) is 37.4. The molecule has 62 heavy (non-hydrogen) atoms. The van der Waals surface area contributed by atoms with E-state index >= 15 is 0 Å². The Bertz CT molecular complexity index is 2160. The van der Waals surface area contributed by atoms with Crippen LogP contribution in [-0.4, -0.2) is 5.43 Å². The fourth-order valence-electron chi connectivity index (χ4n) is 8.35. The van der Waals surface area contributed by atoms with Gasteiger partial charge in [-0.15, -0.1) is 44.8 Å². The molecule has 0 radical (unpaired) electrons. The van der Waals surface area contributed by atoms with E-state index in [2.05, 4.69) is 197 Å². The molecule has 0 aliphatic heterocycles. The molecule has 0 saturated carbocycles. The van der Waals surface area contributed by atoms with Crippen LogP contribution in [0.2, 0.25) is 13.1 Å². The summed E-state index contributed by atoms with van der Waals surface area (Å²) in [6, 6.07) is 62.0. The Morgan fingerprint density at radius 1 is 0.387 bits per heavy atom. The van der Waals surface area contributed by atoms with Crippen molar-refractivity contribution in [2.75, 3.05) is 0 Å². The molecule has 0 aromatic heterocycles. The second kappa shape index (κ2) is 27.4. The summed E-state index contributed by atoms with van der Waals surface area (Å²) >= 11 is 1.74. The van der Waals surface area contributed by atoms with Crippen molar-refractivity contribution in [2.45, 2.75) is 104 Å². The van der Waals surface area contributed by atoms with Crippen molar-refractivity contribution in [3.63, 3.8) is 0 Å². The minimum atomic E-state index is 0. The minimum Gasteiger partial charge on any atom is -1.00 e. The van der Waals surface area contributed by atoms with Gasteiger partial charge in [0.1, 0.15) is 0 Å². The Kier molecular flexibility index (Phi) is 22.5. The number of aryl methyl sites for hydroxylation is 2. The molecule has 0 heterocycles. The van der Waals surface area contributed by atoms with Gasteiger partial charge in [-0.25, -0.2) is 0 Å². The van der Waals surface area contributed by atoms with E-state index in [1.807, 2.05) is 0 Å². The van der Waals surface area contributed by atoms with Crippen molar-refractivity contribution >= 4 is 27.0 Å². The summed E-state index contributed by atoms with van der Waals surface area (Å²) in [4.78, 5) is 0. The van der Waals surface area contributed by atoms with Crippen LogP contribution in [0.1, 0.15) is 89.2 Å². The fourth-order valence-corrected chi connectivity index (χ4v) is 8.35. The quantitative estimate of drug-likeness (QED) is 0.0514. The molecular weight excluding hydrogens is 887 g/mol. The first-order valence-corrected chi connectivity index (χ1v) is 28.8. The number of rotatable bonds is 16. The van der Waals surface area contributed by atoms with E-state index in [0.29, 0.717) is 0 Å². The number of halogens is 2. The molecule has 0 aliphatic rings. The Labute approximate surface area is 401 Å². The molecule has 0 unspecified atom stereocenters. The maximum atomic E-state index is 2.43. The summed E-state index contributed by atoms with van der Waals surface area (Å²) < 4.78 is 0. The predicted octanol–water partition coefficient (Wildman–Crippen LogP) is 11.6. The molecule has 320 valence electrons. The number of hydrogen-bond donors (Lipinski definition) is 0. The van der Waals surface area contributed by atoms with E-state index in [9.17, 15) is 0 Å².